The SMILES string of the molecule is Cc1cc2c(=S)[nH]ccc2s1. The first kappa shape index (κ1) is 7.00. The molecule has 0 saturated carbocycles. The number of rotatable bonds is 0. The summed E-state index contributed by atoms with van der Waals surface area (Å²) < 4.78 is 2.11. The number of pyridine rings is 1. The van der Waals surface area contributed by atoms with E-state index in [1.165, 1.54) is 15.0 Å². The lowest BCUT2D eigenvalue weighted by atomic mass is 10.3. The number of hydrogen-bond donors (Lipinski definition) is 1. The van der Waals surface area contributed by atoms with Crippen molar-refractivity contribution < 1.29 is 0 Å². The topological polar surface area (TPSA) is 15.8 Å². The second-order valence-corrected chi connectivity index (χ2v) is 4.14. The van der Waals surface area contributed by atoms with Crippen LogP contribution in [0.2, 0.25) is 0 Å². The summed E-state index contributed by atoms with van der Waals surface area (Å²) in [5, 5.41) is 1.17. The molecule has 0 aliphatic heterocycles. The monoisotopic (exact) mass is 181 g/mol. The van der Waals surface area contributed by atoms with E-state index in [0.717, 1.165) is 4.64 Å². The van der Waals surface area contributed by atoms with Crippen LogP contribution < -0.4 is 0 Å². The van der Waals surface area contributed by atoms with Crippen molar-refractivity contribution in [3.8, 4) is 0 Å². The number of aromatic nitrogens is 1. The maximum atomic E-state index is 5.12. The van der Waals surface area contributed by atoms with Crippen LogP contribution in [-0.4, -0.2) is 4.98 Å². The van der Waals surface area contributed by atoms with Crippen molar-refractivity contribution >= 4 is 33.6 Å². The Morgan fingerprint density at radius 1 is 1.55 bits per heavy atom. The molecule has 0 aliphatic rings. The van der Waals surface area contributed by atoms with Crippen LogP contribution in [0.5, 0.6) is 0 Å². The molecular weight excluding hydrogens is 174 g/mol. The normalized spacial score (nSPS) is 10.6. The van der Waals surface area contributed by atoms with E-state index in [9.17, 15) is 0 Å². The maximum Gasteiger partial charge on any atom is 0.112 e. The second-order valence-electron chi connectivity index (χ2n) is 2.44. The fourth-order valence-electron chi connectivity index (χ4n) is 1.10. The van der Waals surface area contributed by atoms with Crippen molar-refractivity contribution in [1.82, 2.24) is 4.98 Å². The van der Waals surface area contributed by atoms with Gasteiger partial charge in [-0.2, -0.15) is 0 Å². The molecule has 0 atom stereocenters. The zero-order valence-corrected chi connectivity index (χ0v) is 7.68. The van der Waals surface area contributed by atoms with Crippen LogP contribution in [-0.2, 0) is 0 Å². The number of nitrogens with one attached hydrogen (secondary N) is 1. The summed E-state index contributed by atoms with van der Waals surface area (Å²) in [4.78, 5) is 4.32. The van der Waals surface area contributed by atoms with Crippen LogP contribution in [0.3, 0.4) is 0 Å². The quantitative estimate of drug-likeness (QED) is 0.617. The minimum atomic E-state index is 0.840. The van der Waals surface area contributed by atoms with Crippen LogP contribution in [0.25, 0.3) is 10.1 Å². The van der Waals surface area contributed by atoms with Crippen LogP contribution >= 0.6 is 23.6 Å². The summed E-state index contributed by atoms with van der Waals surface area (Å²) in [6.45, 7) is 2.10. The molecule has 0 radical (unpaired) electrons. The summed E-state index contributed by atoms with van der Waals surface area (Å²) in [6.07, 6.45) is 1.89. The Morgan fingerprint density at radius 3 is 3.09 bits per heavy atom. The zero-order valence-electron chi connectivity index (χ0n) is 6.05. The Kier molecular flexibility index (Phi) is 1.55. The first-order chi connectivity index (χ1) is 5.27. The fraction of sp³-hybridized carbons (Fsp3) is 0.125. The molecule has 0 bridgehead atoms. The molecule has 0 aromatic carbocycles. The van der Waals surface area contributed by atoms with Gasteiger partial charge in [0.25, 0.3) is 0 Å². The molecule has 2 aromatic rings. The molecule has 0 saturated heterocycles. The molecule has 3 heteroatoms. The van der Waals surface area contributed by atoms with E-state index in [0.29, 0.717) is 0 Å². The molecule has 0 amide bonds. The average molecular weight is 181 g/mol. The van der Waals surface area contributed by atoms with Crippen LogP contribution in [0.4, 0.5) is 0 Å². The van der Waals surface area contributed by atoms with E-state index < -0.39 is 0 Å². The van der Waals surface area contributed by atoms with Gasteiger partial charge in [0.1, 0.15) is 4.64 Å². The number of aryl methyl sites for hydroxylation is 1. The van der Waals surface area contributed by atoms with Gasteiger partial charge in [-0.1, -0.05) is 12.2 Å². The van der Waals surface area contributed by atoms with Gasteiger partial charge in [0, 0.05) is 21.2 Å². The average Bonchev–Trinajstić information content (AvgIpc) is 2.31. The highest BCUT2D eigenvalue weighted by Gasteiger charge is 1.97. The number of thiophene rings is 1. The molecule has 0 fully saturated rings. The first-order valence-corrected chi connectivity index (χ1v) is 4.58. The van der Waals surface area contributed by atoms with Crippen LogP contribution in [0.15, 0.2) is 18.3 Å². The third kappa shape index (κ3) is 1.10. The number of hydrogen-bond acceptors (Lipinski definition) is 2. The molecule has 2 rings (SSSR count). The molecule has 2 aromatic heterocycles. The summed E-state index contributed by atoms with van der Waals surface area (Å²) in [7, 11) is 0. The standard InChI is InChI=1S/C8H7NS2/c1-5-4-6-7(11-5)2-3-9-8(6)10/h2-4H,1H3,(H,9,10). The summed E-state index contributed by atoms with van der Waals surface area (Å²) in [5.41, 5.74) is 0. The van der Waals surface area contributed by atoms with Crippen LogP contribution in [0, 0.1) is 11.6 Å². The molecule has 56 valence electrons. The zero-order chi connectivity index (χ0) is 7.84. The second kappa shape index (κ2) is 2.43. The van der Waals surface area contributed by atoms with Crippen molar-refractivity contribution in [3.05, 3.63) is 27.8 Å². The molecule has 11 heavy (non-hydrogen) atoms. The van der Waals surface area contributed by atoms with Crippen molar-refractivity contribution in [2.75, 3.05) is 0 Å². The first-order valence-electron chi connectivity index (χ1n) is 3.35. The van der Waals surface area contributed by atoms with E-state index >= 15 is 0 Å². The Labute approximate surface area is 73.7 Å². The third-order valence-electron chi connectivity index (χ3n) is 1.58. The lowest BCUT2D eigenvalue weighted by Crippen LogP contribution is -1.70. The Morgan fingerprint density at radius 2 is 2.36 bits per heavy atom. The predicted molar refractivity (Wildman–Crippen MR) is 51.7 cm³/mol. The van der Waals surface area contributed by atoms with Gasteiger partial charge in [0.15, 0.2) is 0 Å². The van der Waals surface area contributed by atoms with Gasteiger partial charge < -0.3 is 4.98 Å². The minimum absolute atomic E-state index is 0.840. The molecule has 0 unspecified atom stereocenters. The lowest BCUT2D eigenvalue weighted by molar-refractivity contribution is 1.34. The van der Waals surface area contributed by atoms with Gasteiger partial charge in [-0.3, -0.25) is 0 Å². The largest absolute Gasteiger partial charge is 0.352 e. The minimum Gasteiger partial charge on any atom is -0.352 e. The smallest absolute Gasteiger partial charge is 0.112 e. The van der Waals surface area contributed by atoms with E-state index in [4.69, 9.17) is 12.2 Å². The van der Waals surface area contributed by atoms with Gasteiger partial charge >= 0.3 is 0 Å². The Balaban J connectivity index is 3.02. The number of aromatic amines is 1. The Bertz CT molecular complexity index is 439. The summed E-state index contributed by atoms with van der Waals surface area (Å²) in [5.74, 6) is 0. The molecule has 1 N–H and O–H groups in total. The van der Waals surface area contributed by atoms with Crippen molar-refractivity contribution in [2.24, 2.45) is 0 Å². The predicted octanol–water partition coefficient (Wildman–Crippen LogP) is 3.27. The number of H-pyrrole nitrogens is 1. The lowest BCUT2D eigenvalue weighted by Gasteiger charge is -1.85. The van der Waals surface area contributed by atoms with Crippen molar-refractivity contribution in [1.29, 1.82) is 0 Å². The number of fused-ring (bicyclic) bond motifs is 1. The molecule has 0 aliphatic carbocycles. The highest BCUT2D eigenvalue weighted by molar-refractivity contribution is 7.71. The summed E-state index contributed by atoms with van der Waals surface area (Å²) in [6, 6.07) is 4.18. The van der Waals surface area contributed by atoms with Gasteiger partial charge in [0.2, 0.25) is 0 Å². The van der Waals surface area contributed by atoms with Crippen LogP contribution in [0.1, 0.15) is 4.88 Å². The molecule has 2 heterocycles. The fourth-order valence-corrected chi connectivity index (χ4v) is 2.34. The molecule has 1 nitrogen and oxygen atoms in total. The maximum absolute atomic E-state index is 5.12. The van der Waals surface area contributed by atoms with E-state index in [-0.39, 0.29) is 0 Å². The highest BCUT2D eigenvalue weighted by Crippen LogP contribution is 2.24. The molecular formula is C8H7NS2. The molecule has 0 spiro atoms. The van der Waals surface area contributed by atoms with E-state index in [2.05, 4.69) is 24.0 Å². The van der Waals surface area contributed by atoms with Gasteiger partial charge in [0.05, 0.1) is 0 Å². The summed E-state index contributed by atoms with van der Waals surface area (Å²) >= 11 is 6.90. The van der Waals surface area contributed by atoms with Crippen molar-refractivity contribution in [2.45, 2.75) is 6.92 Å². The van der Waals surface area contributed by atoms with Gasteiger partial charge in [-0.25, -0.2) is 0 Å². The Hall–Kier alpha value is -0.670. The highest BCUT2D eigenvalue weighted by atomic mass is 32.1. The van der Waals surface area contributed by atoms with Crippen molar-refractivity contribution in [3.63, 3.8) is 0 Å². The van der Waals surface area contributed by atoms with Gasteiger partial charge in [-0.15, -0.1) is 11.3 Å². The van der Waals surface area contributed by atoms with Gasteiger partial charge in [-0.05, 0) is 19.1 Å². The van der Waals surface area contributed by atoms with E-state index in [1.54, 1.807) is 11.3 Å². The third-order valence-corrected chi connectivity index (χ3v) is 2.93. The van der Waals surface area contributed by atoms with E-state index in [1.807, 2.05) is 6.20 Å².